The predicted molar refractivity (Wildman–Crippen MR) is 101 cm³/mol. The summed E-state index contributed by atoms with van der Waals surface area (Å²) in [5.41, 5.74) is 0.729. The number of nitrogens with one attached hydrogen (secondary N) is 2. The molecule has 0 fully saturated rings. The van der Waals surface area contributed by atoms with Crippen LogP contribution in [0.4, 0.5) is 4.79 Å². The molecule has 1 aromatic rings. The summed E-state index contributed by atoms with van der Waals surface area (Å²) < 4.78 is 9.62. The Labute approximate surface area is 167 Å². The van der Waals surface area contributed by atoms with Gasteiger partial charge >= 0.3 is 18.0 Å². The third kappa shape index (κ3) is 9.38. The van der Waals surface area contributed by atoms with Crippen LogP contribution in [0.15, 0.2) is 42.5 Å². The van der Waals surface area contributed by atoms with Gasteiger partial charge in [0.25, 0.3) is 0 Å². The van der Waals surface area contributed by atoms with Gasteiger partial charge in [0.2, 0.25) is 5.91 Å². The van der Waals surface area contributed by atoms with Gasteiger partial charge in [-0.15, -0.1) is 0 Å². The second-order valence-electron chi connectivity index (χ2n) is 5.73. The number of benzene rings is 1. The highest BCUT2D eigenvalue weighted by atomic mass is 16.5. The van der Waals surface area contributed by atoms with Gasteiger partial charge in [-0.1, -0.05) is 36.4 Å². The first-order chi connectivity index (χ1) is 13.9. The van der Waals surface area contributed by atoms with E-state index < -0.39 is 42.6 Å². The monoisotopic (exact) mass is 408 g/mol. The fourth-order valence-electron chi connectivity index (χ4n) is 2.09. The minimum absolute atomic E-state index is 0.0388. The normalized spacial score (nSPS) is 12.6. The van der Waals surface area contributed by atoms with E-state index in [0.717, 1.165) is 11.6 Å². The van der Waals surface area contributed by atoms with Crippen LogP contribution >= 0.6 is 0 Å². The van der Waals surface area contributed by atoms with E-state index in [1.54, 1.807) is 37.3 Å². The van der Waals surface area contributed by atoms with Gasteiger partial charge in [0, 0.05) is 6.08 Å². The smallest absolute Gasteiger partial charge is 0.408 e. The number of esters is 1. The number of aliphatic hydroxyl groups excluding tert-OH is 1. The van der Waals surface area contributed by atoms with E-state index in [1.165, 1.54) is 6.08 Å². The molecule has 2 amide bonds. The molecule has 29 heavy (non-hydrogen) atoms. The Morgan fingerprint density at radius 3 is 2.34 bits per heavy atom. The number of amides is 2. The molecule has 0 aliphatic rings. The number of ether oxygens (including phenoxy) is 2. The molecule has 0 unspecified atom stereocenters. The SMILES string of the molecule is CCOC(=O)/C=C/C[C@@H](NC(=O)[C@H](CO)NC(=O)OCc1ccccc1)C(=O)O. The Morgan fingerprint density at radius 2 is 1.76 bits per heavy atom. The lowest BCUT2D eigenvalue weighted by molar-refractivity contribution is -0.142. The van der Waals surface area contributed by atoms with Gasteiger partial charge in [0.1, 0.15) is 18.7 Å². The van der Waals surface area contributed by atoms with Crippen LogP contribution in [0.2, 0.25) is 0 Å². The summed E-state index contributed by atoms with van der Waals surface area (Å²) in [6.45, 7) is 0.992. The molecule has 0 heterocycles. The number of aliphatic carboxylic acids is 1. The summed E-state index contributed by atoms with van der Waals surface area (Å²) in [5.74, 6) is -2.91. The molecule has 1 aromatic carbocycles. The Bertz CT molecular complexity index is 720. The third-order valence-electron chi connectivity index (χ3n) is 3.53. The van der Waals surface area contributed by atoms with Crippen molar-refractivity contribution in [3.63, 3.8) is 0 Å². The average molecular weight is 408 g/mol. The largest absolute Gasteiger partial charge is 0.480 e. The molecule has 0 spiro atoms. The first kappa shape index (κ1) is 23.6. The minimum Gasteiger partial charge on any atom is -0.480 e. The van der Waals surface area contributed by atoms with Crippen molar-refractivity contribution in [1.29, 1.82) is 0 Å². The summed E-state index contributed by atoms with van der Waals surface area (Å²) in [4.78, 5) is 46.5. The molecule has 0 aliphatic carbocycles. The lowest BCUT2D eigenvalue weighted by Crippen LogP contribution is -2.53. The highest BCUT2D eigenvalue weighted by Crippen LogP contribution is 2.01. The number of carboxylic acid groups (broad SMARTS) is 1. The molecule has 0 bridgehead atoms. The van der Waals surface area contributed by atoms with E-state index >= 15 is 0 Å². The van der Waals surface area contributed by atoms with Crippen molar-refractivity contribution in [2.45, 2.75) is 32.0 Å². The lowest BCUT2D eigenvalue weighted by atomic mass is 10.1. The summed E-state index contributed by atoms with van der Waals surface area (Å²) in [6.07, 6.45) is 1.15. The third-order valence-corrected chi connectivity index (χ3v) is 3.53. The van der Waals surface area contributed by atoms with Crippen molar-refractivity contribution in [3.05, 3.63) is 48.0 Å². The van der Waals surface area contributed by atoms with Gasteiger partial charge in [-0.2, -0.15) is 0 Å². The topological polar surface area (TPSA) is 151 Å². The van der Waals surface area contributed by atoms with E-state index in [4.69, 9.17) is 4.74 Å². The van der Waals surface area contributed by atoms with Crippen molar-refractivity contribution in [2.75, 3.05) is 13.2 Å². The molecule has 1 rings (SSSR count). The Morgan fingerprint density at radius 1 is 1.07 bits per heavy atom. The first-order valence-electron chi connectivity index (χ1n) is 8.81. The summed E-state index contributed by atoms with van der Waals surface area (Å²) >= 11 is 0. The van der Waals surface area contributed by atoms with Crippen molar-refractivity contribution in [3.8, 4) is 0 Å². The Balaban J connectivity index is 2.56. The summed E-state index contributed by atoms with van der Waals surface area (Å²) in [7, 11) is 0. The number of rotatable bonds is 11. The van der Waals surface area contributed by atoms with Crippen LogP contribution in [-0.2, 0) is 30.5 Å². The number of carbonyl (C=O) groups is 4. The number of hydrogen-bond donors (Lipinski definition) is 4. The summed E-state index contributed by atoms with van der Waals surface area (Å²) in [6, 6.07) is 6.04. The molecule has 0 saturated heterocycles. The van der Waals surface area contributed by atoms with Crippen LogP contribution < -0.4 is 10.6 Å². The number of carboxylic acids is 1. The lowest BCUT2D eigenvalue weighted by Gasteiger charge is -2.19. The quantitative estimate of drug-likeness (QED) is 0.302. The van der Waals surface area contributed by atoms with Crippen molar-refractivity contribution in [1.82, 2.24) is 10.6 Å². The van der Waals surface area contributed by atoms with Crippen LogP contribution in [0.5, 0.6) is 0 Å². The van der Waals surface area contributed by atoms with E-state index in [2.05, 4.69) is 15.4 Å². The highest BCUT2D eigenvalue weighted by Gasteiger charge is 2.26. The predicted octanol–water partition coefficient (Wildman–Crippen LogP) is 0.353. The highest BCUT2D eigenvalue weighted by molar-refractivity contribution is 5.89. The number of aliphatic hydroxyl groups is 1. The van der Waals surface area contributed by atoms with E-state index in [0.29, 0.717) is 0 Å². The van der Waals surface area contributed by atoms with Crippen LogP contribution in [0, 0.1) is 0 Å². The van der Waals surface area contributed by atoms with E-state index in [9.17, 15) is 29.4 Å². The molecule has 0 aliphatic heterocycles. The molecule has 158 valence electrons. The number of alkyl carbamates (subject to hydrolysis) is 1. The van der Waals surface area contributed by atoms with Crippen molar-refractivity contribution < 1.29 is 38.9 Å². The maximum atomic E-state index is 12.2. The molecular formula is C19H24N2O8. The van der Waals surface area contributed by atoms with Crippen LogP contribution in [-0.4, -0.2) is 59.4 Å². The van der Waals surface area contributed by atoms with Gasteiger partial charge in [0.05, 0.1) is 13.2 Å². The van der Waals surface area contributed by atoms with E-state index in [1.807, 2.05) is 0 Å². The summed E-state index contributed by atoms with van der Waals surface area (Å²) in [5, 5.41) is 22.9. The standard InChI is InChI=1S/C19H24N2O8/c1-2-28-16(23)10-6-9-14(18(25)26)20-17(24)15(11-22)21-19(27)29-12-13-7-4-3-5-8-13/h3-8,10,14-15,22H,2,9,11-12H2,1H3,(H,20,24)(H,21,27)(H,25,26)/b10-6+/t14-,15+/m1/s1. The van der Waals surface area contributed by atoms with Crippen LogP contribution in [0.25, 0.3) is 0 Å². The van der Waals surface area contributed by atoms with Gasteiger partial charge in [-0.3, -0.25) is 4.79 Å². The van der Waals surface area contributed by atoms with Gasteiger partial charge in [-0.25, -0.2) is 14.4 Å². The molecule has 2 atom stereocenters. The Hall–Kier alpha value is -3.40. The molecule has 10 heteroatoms. The zero-order valence-corrected chi connectivity index (χ0v) is 15.9. The molecule has 0 saturated carbocycles. The minimum atomic E-state index is -1.41. The van der Waals surface area contributed by atoms with Crippen LogP contribution in [0.1, 0.15) is 18.9 Å². The zero-order valence-electron chi connectivity index (χ0n) is 15.9. The van der Waals surface area contributed by atoms with Crippen molar-refractivity contribution >= 4 is 23.9 Å². The molecule has 0 aromatic heterocycles. The fraction of sp³-hybridized carbons (Fsp3) is 0.368. The molecule has 4 N–H and O–H groups in total. The fourth-order valence-corrected chi connectivity index (χ4v) is 2.09. The second kappa shape index (κ2) is 12.9. The van der Waals surface area contributed by atoms with Crippen molar-refractivity contribution in [2.24, 2.45) is 0 Å². The molecule has 0 radical (unpaired) electrons. The maximum Gasteiger partial charge on any atom is 0.408 e. The van der Waals surface area contributed by atoms with E-state index in [-0.39, 0.29) is 19.6 Å². The number of carbonyl (C=O) groups excluding carboxylic acids is 3. The molecule has 10 nitrogen and oxygen atoms in total. The molecular weight excluding hydrogens is 384 g/mol. The second-order valence-corrected chi connectivity index (χ2v) is 5.73. The van der Waals surface area contributed by atoms with Crippen LogP contribution in [0.3, 0.4) is 0 Å². The first-order valence-corrected chi connectivity index (χ1v) is 8.81. The van der Waals surface area contributed by atoms with Gasteiger partial charge in [-0.05, 0) is 18.9 Å². The number of hydrogen-bond acceptors (Lipinski definition) is 7. The zero-order chi connectivity index (χ0) is 21.6. The Kier molecular flexibility index (Phi) is 10.5. The maximum absolute atomic E-state index is 12.2. The van der Waals surface area contributed by atoms with Gasteiger partial charge < -0.3 is 30.3 Å². The average Bonchev–Trinajstić information content (AvgIpc) is 2.70. The van der Waals surface area contributed by atoms with Gasteiger partial charge in [0.15, 0.2) is 0 Å².